The molecule has 0 spiro atoms. The van der Waals surface area contributed by atoms with Gasteiger partial charge in [0, 0.05) is 18.0 Å². The van der Waals surface area contributed by atoms with Crippen LogP contribution >= 0.6 is 11.3 Å². The topological polar surface area (TPSA) is 50.9 Å². The average Bonchev–Trinajstić information content (AvgIpc) is 2.47. The van der Waals surface area contributed by atoms with Gasteiger partial charge in [-0.3, -0.25) is 0 Å². The zero-order valence-electron chi connectivity index (χ0n) is 7.50. The molecule has 0 aliphatic rings. The van der Waals surface area contributed by atoms with Crippen molar-refractivity contribution in [1.29, 1.82) is 0 Å². The van der Waals surface area contributed by atoms with E-state index in [1.165, 1.54) is 11.3 Å². The van der Waals surface area contributed by atoms with E-state index in [4.69, 9.17) is 5.73 Å². The first kappa shape index (κ1) is 9.48. The molecule has 1 aromatic rings. The summed E-state index contributed by atoms with van der Waals surface area (Å²) < 4.78 is 0. The molecule has 68 valence electrons. The van der Waals surface area contributed by atoms with Gasteiger partial charge in [-0.1, -0.05) is 6.92 Å². The highest BCUT2D eigenvalue weighted by atomic mass is 32.1. The molecule has 12 heavy (non-hydrogen) atoms. The molecule has 1 rings (SSSR count). The molecule has 3 N–H and O–H groups in total. The smallest absolute Gasteiger partial charge is 0.180 e. The van der Waals surface area contributed by atoms with Crippen LogP contribution < -0.4 is 11.1 Å². The summed E-state index contributed by atoms with van der Waals surface area (Å²) >= 11 is 1.49. The monoisotopic (exact) mass is 185 g/mol. The van der Waals surface area contributed by atoms with E-state index >= 15 is 0 Å². The molecule has 0 saturated heterocycles. The molecule has 1 atom stereocenters. The molecular weight excluding hydrogens is 170 g/mol. The standard InChI is InChI=1S/C8H15N3S/c1-3-6(2)10-4-7-5-12-8(9)11-7/h5-6,10H,3-4H2,1-2H3,(H2,9,11). The van der Waals surface area contributed by atoms with Crippen LogP contribution in [-0.4, -0.2) is 11.0 Å². The maximum Gasteiger partial charge on any atom is 0.180 e. The van der Waals surface area contributed by atoms with Gasteiger partial charge in [-0.25, -0.2) is 4.98 Å². The predicted octanol–water partition coefficient (Wildman–Crippen LogP) is 1.61. The fourth-order valence-corrected chi connectivity index (χ4v) is 1.39. The number of aromatic nitrogens is 1. The van der Waals surface area contributed by atoms with Gasteiger partial charge in [0.25, 0.3) is 0 Å². The highest BCUT2D eigenvalue weighted by molar-refractivity contribution is 7.13. The zero-order chi connectivity index (χ0) is 8.97. The Morgan fingerprint density at radius 2 is 2.50 bits per heavy atom. The van der Waals surface area contributed by atoms with Crippen LogP contribution in [0.2, 0.25) is 0 Å². The van der Waals surface area contributed by atoms with Crippen molar-refractivity contribution in [1.82, 2.24) is 10.3 Å². The molecule has 0 aliphatic heterocycles. The van der Waals surface area contributed by atoms with Crippen molar-refractivity contribution >= 4 is 16.5 Å². The van der Waals surface area contributed by atoms with Crippen LogP contribution in [0, 0.1) is 0 Å². The first-order valence-corrected chi connectivity index (χ1v) is 5.03. The largest absolute Gasteiger partial charge is 0.375 e. The number of nitrogen functional groups attached to an aromatic ring is 1. The molecule has 1 aromatic heterocycles. The van der Waals surface area contributed by atoms with E-state index in [-0.39, 0.29) is 0 Å². The van der Waals surface area contributed by atoms with Gasteiger partial charge in [0.1, 0.15) is 0 Å². The number of thiazole rings is 1. The maximum atomic E-state index is 5.50. The van der Waals surface area contributed by atoms with Gasteiger partial charge in [0.2, 0.25) is 0 Å². The lowest BCUT2D eigenvalue weighted by Gasteiger charge is -2.08. The first-order valence-electron chi connectivity index (χ1n) is 4.15. The van der Waals surface area contributed by atoms with Gasteiger partial charge >= 0.3 is 0 Å². The lowest BCUT2D eigenvalue weighted by Crippen LogP contribution is -2.24. The molecule has 0 aliphatic carbocycles. The second-order valence-corrected chi connectivity index (χ2v) is 3.76. The number of nitrogens with one attached hydrogen (secondary N) is 1. The normalized spacial score (nSPS) is 13.2. The Balaban J connectivity index is 2.33. The highest BCUT2D eigenvalue weighted by Gasteiger charge is 2.00. The third kappa shape index (κ3) is 2.79. The van der Waals surface area contributed by atoms with Crippen LogP contribution in [0.4, 0.5) is 5.13 Å². The van der Waals surface area contributed by atoms with Crippen molar-refractivity contribution < 1.29 is 0 Å². The molecule has 1 unspecified atom stereocenters. The summed E-state index contributed by atoms with van der Waals surface area (Å²) in [7, 11) is 0. The van der Waals surface area contributed by atoms with Crippen LogP contribution in [-0.2, 0) is 6.54 Å². The molecule has 3 nitrogen and oxygen atoms in total. The van der Waals surface area contributed by atoms with Crippen LogP contribution in [0.5, 0.6) is 0 Å². The minimum Gasteiger partial charge on any atom is -0.375 e. The molecular formula is C8H15N3S. The Hall–Kier alpha value is -0.610. The number of hydrogen-bond acceptors (Lipinski definition) is 4. The second-order valence-electron chi connectivity index (χ2n) is 2.87. The highest BCUT2D eigenvalue weighted by Crippen LogP contribution is 2.10. The quantitative estimate of drug-likeness (QED) is 0.749. The van der Waals surface area contributed by atoms with Crippen molar-refractivity contribution in [2.45, 2.75) is 32.9 Å². The number of nitrogens with zero attached hydrogens (tertiary/aromatic N) is 1. The van der Waals surface area contributed by atoms with Crippen molar-refractivity contribution in [3.8, 4) is 0 Å². The lowest BCUT2D eigenvalue weighted by molar-refractivity contribution is 0.530. The molecule has 0 fully saturated rings. The fourth-order valence-electron chi connectivity index (χ4n) is 0.827. The van der Waals surface area contributed by atoms with Crippen LogP contribution in [0.3, 0.4) is 0 Å². The van der Waals surface area contributed by atoms with Crippen LogP contribution in [0.1, 0.15) is 26.0 Å². The predicted molar refractivity (Wildman–Crippen MR) is 53.1 cm³/mol. The van der Waals surface area contributed by atoms with Crippen molar-refractivity contribution in [3.63, 3.8) is 0 Å². The maximum absolute atomic E-state index is 5.50. The Bertz CT molecular complexity index is 234. The molecule has 1 heterocycles. The molecule has 0 radical (unpaired) electrons. The van der Waals surface area contributed by atoms with Crippen molar-refractivity contribution in [2.24, 2.45) is 0 Å². The SMILES string of the molecule is CCC(C)NCc1csc(N)n1. The lowest BCUT2D eigenvalue weighted by atomic mass is 10.2. The van der Waals surface area contributed by atoms with E-state index in [0.717, 1.165) is 18.7 Å². The van der Waals surface area contributed by atoms with E-state index in [1.54, 1.807) is 0 Å². The Kier molecular flexibility index (Phi) is 3.49. The van der Waals surface area contributed by atoms with Crippen molar-refractivity contribution in [3.05, 3.63) is 11.1 Å². The van der Waals surface area contributed by atoms with E-state index in [0.29, 0.717) is 11.2 Å². The zero-order valence-corrected chi connectivity index (χ0v) is 8.32. The molecule has 0 saturated carbocycles. The summed E-state index contributed by atoms with van der Waals surface area (Å²) in [6.07, 6.45) is 1.14. The Morgan fingerprint density at radius 1 is 1.75 bits per heavy atom. The van der Waals surface area contributed by atoms with Crippen LogP contribution in [0.15, 0.2) is 5.38 Å². The van der Waals surface area contributed by atoms with E-state index in [9.17, 15) is 0 Å². The summed E-state index contributed by atoms with van der Waals surface area (Å²) in [5.41, 5.74) is 6.54. The van der Waals surface area contributed by atoms with Gasteiger partial charge in [0.15, 0.2) is 5.13 Å². The van der Waals surface area contributed by atoms with E-state index in [2.05, 4.69) is 24.1 Å². The first-order chi connectivity index (χ1) is 5.72. The summed E-state index contributed by atoms with van der Waals surface area (Å²) in [6, 6.07) is 0.549. The number of rotatable bonds is 4. The van der Waals surface area contributed by atoms with E-state index in [1.807, 2.05) is 5.38 Å². The Labute approximate surface area is 77.0 Å². The van der Waals surface area contributed by atoms with Crippen LogP contribution in [0.25, 0.3) is 0 Å². The number of nitrogens with two attached hydrogens (primary N) is 1. The number of hydrogen-bond donors (Lipinski definition) is 2. The molecule has 4 heteroatoms. The van der Waals surface area contributed by atoms with Gasteiger partial charge in [-0.05, 0) is 13.3 Å². The number of anilines is 1. The summed E-state index contributed by atoms with van der Waals surface area (Å²) in [4.78, 5) is 4.15. The molecule has 0 bridgehead atoms. The van der Waals surface area contributed by atoms with E-state index < -0.39 is 0 Å². The minimum absolute atomic E-state index is 0.549. The molecule has 0 amide bonds. The van der Waals surface area contributed by atoms with Crippen molar-refractivity contribution in [2.75, 3.05) is 5.73 Å². The summed E-state index contributed by atoms with van der Waals surface area (Å²) in [5, 5.41) is 5.99. The second kappa shape index (κ2) is 4.42. The Morgan fingerprint density at radius 3 is 3.00 bits per heavy atom. The average molecular weight is 185 g/mol. The molecule has 0 aromatic carbocycles. The third-order valence-electron chi connectivity index (χ3n) is 1.81. The summed E-state index contributed by atoms with van der Waals surface area (Å²) in [6.45, 7) is 5.14. The summed E-state index contributed by atoms with van der Waals surface area (Å²) in [5.74, 6) is 0. The van der Waals surface area contributed by atoms with Gasteiger partial charge in [-0.2, -0.15) is 0 Å². The van der Waals surface area contributed by atoms with Gasteiger partial charge in [-0.15, -0.1) is 11.3 Å². The van der Waals surface area contributed by atoms with Gasteiger partial charge < -0.3 is 11.1 Å². The third-order valence-corrected chi connectivity index (χ3v) is 2.54. The fraction of sp³-hybridized carbons (Fsp3) is 0.625. The minimum atomic E-state index is 0.549. The van der Waals surface area contributed by atoms with Gasteiger partial charge in [0.05, 0.1) is 5.69 Å².